The van der Waals surface area contributed by atoms with Gasteiger partial charge in [-0.15, -0.1) is 0 Å². The molecular weight excluding hydrogens is 424 g/mol. The van der Waals surface area contributed by atoms with E-state index in [2.05, 4.69) is 26.0 Å². The first kappa shape index (κ1) is 18.3. The molecule has 0 saturated carbocycles. The summed E-state index contributed by atoms with van der Waals surface area (Å²) in [5, 5.41) is 2.57. The van der Waals surface area contributed by atoms with E-state index >= 15 is 0 Å². The molecule has 0 atom stereocenters. The van der Waals surface area contributed by atoms with Gasteiger partial charge in [0.1, 0.15) is 11.5 Å². The molecule has 26 heavy (non-hydrogen) atoms. The summed E-state index contributed by atoms with van der Waals surface area (Å²) in [6.45, 7) is 0. The maximum absolute atomic E-state index is 11.7. The van der Waals surface area contributed by atoms with E-state index in [1.807, 2.05) is 18.2 Å². The van der Waals surface area contributed by atoms with Crippen LogP contribution in [0.15, 0.2) is 52.8 Å². The van der Waals surface area contributed by atoms with Gasteiger partial charge in [-0.25, -0.2) is 8.42 Å². The number of hydrogen-bond donors (Lipinski definition) is 2. The fourth-order valence-electron chi connectivity index (χ4n) is 2.41. The van der Waals surface area contributed by atoms with Gasteiger partial charge < -0.3 is 14.8 Å². The Bertz CT molecular complexity index is 974. The SMILES string of the molecule is CS(=O)(=O)Nc1cc2c(cc1Oc1ccccc1)CC(NC=O)=C(Br)O2. The van der Waals surface area contributed by atoms with Gasteiger partial charge in [-0.05, 0) is 34.1 Å². The third kappa shape index (κ3) is 4.36. The largest absolute Gasteiger partial charge is 0.455 e. The summed E-state index contributed by atoms with van der Waals surface area (Å²) in [5.41, 5.74) is 1.55. The molecular formula is C17H15BrN2O5S. The predicted octanol–water partition coefficient (Wildman–Crippen LogP) is 3.10. The molecule has 0 unspecified atom stereocenters. The van der Waals surface area contributed by atoms with Gasteiger partial charge in [0.15, 0.2) is 10.4 Å². The minimum atomic E-state index is -3.52. The molecule has 1 aliphatic heterocycles. The van der Waals surface area contributed by atoms with E-state index in [9.17, 15) is 13.2 Å². The Labute approximate surface area is 159 Å². The molecule has 7 nitrogen and oxygen atoms in total. The van der Waals surface area contributed by atoms with Crippen LogP contribution in [0.1, 0.15) is 5.56 Å². The average molecular weight is 439 g/mol. The van der Waals surface area contributed by atoms with E-state index in [0.29, 0.717) is 40.4 Å². The second-order valence-electron chi connectivity index (χ2n) is 5.54. The number of nitrogens with one attached hydrogen (secondary N) is 2. The zero-order chi connectivity index (χ0) is 18.7. The average Bonchev–Trinajstić information content (AvgIpc) is 2.57. The fourth-order valence-corrected chi connectivity index (χ4v) is 3.40. The van der Waals surface area contributed by atoms with Crippen LogP contribution >= 0.6 is 15.9 Å². The Morgan fingerprint density at radius 1 is 1.23 bits per heavy atom. The number of benzene rings is 2. The van der Waals surface area contributed by atoms with Crippen LogP contribution in [0.3, 0.4) is 0 Å². The first-order valence-corrected chi connectivity index (χ1v) is 10.2. The van der Waals surface area contributed by atoms with E-state index in [4.69, 9.17) is 9.47 Å². The Kier molecular flexibility index (Phi) is 5.19. The number of rotatable bonds is 6. The van der Waals surface area contributed by atoms with Crippen LogP contribution in [0.25, 0.3) is 0 Å². The molecule has 0 aromatic heterocycles. The van der Waals surface area contributed by atoms with Crippen LogP contribution in [-0.2, 0) is 21.2 Å². The van der Waals surface area contributed by atoms with E-state index in [1.54, 1.807) is 24.3 Å². The monoisotopic (exact) mass is 438 g/mol. The summed E-state index contributed by atoms with van der Waals surface area (Å²) in [6.07, 6.45) is 2.01. The molecule has 0 radical (unpaired) electrons. The van der Waals surface area contributed by atoms with Crippen molar-refractivity contribution in [2.45, 2.75) is 6.42 Å². The van der Waals surface area contributed by atoms with Crippen LogP contribution in [0.5, 0.6) is 17.2 Å². The standard InChI is InChI=1S/C17H15BrN2O5S/c1-26(22,23)20-13-9-15-11(7-14(19-10-21)17(18)25-15)8-16(13)24-12-5-3-2-4-6-12/h2-6,8-10,20H,7H2,1H3,(H,19,21). The second-order valence-corrected chi connectivity index (χ2v) is 8.01. The lowest BCUT2D eigenvalue weighted by atomic mass is 10.1. The number of halogens is 1. The van der Waals surface area contributed by atoms with Gasteiger partial charge in [0.25, 0.3) is 0 Å². The Morgan fingerprint density at radius 2 is 1.96 bits per heavy atom. The van der Waals surface area contributed by atoms with Crippen molar-refractivity contribution in [3.63, 3.8) is 0 Å². The molecule has 3 rings (SSSR count). The summed E-state index contributed by atoms with van der Waals surface area (Å²) < 4.78 is 37.7. The molecule has 0 fully saturated rings. The number of para-hydroxylation sites is 1. The van der Waals surface area contributed by atoms with E-state index < -0.39 is 10.0 Å². The van der Waals surface area contributed by atoms with Gasteiger partial charge in [-0.3, -0.25) is 9.52 Å². The van der Waals surface area contributed by atoms with Crippen LogP contribution < -0.4 is 19.5 Å². The number of anilines is 1. The van der Waals surface area contributed by atoms with Gasteiger partial charge in [0, 0.05) is 18.1 Å². The summed E-state index contributed by atoms with van der Waals surface area (Å²) in [5.74, 6) is 1.34. The van der Waals surface area contributed by atoms with Gasteiger partial charge in [-0.1, -0.05) is 18.2 Å². The molecule has 9 heteroatoms. The number of fused-ring (bicyclic) bond motifs is 1. The summed E-state index contributed by atoms with van der Waals surface area (Å²) in [4.78, 5) is 10.7. The van der Waals surface area contributed by atoms with Crippen molar-refractivity contribution in [1.82, 2.24) is 5.32 Å². The van der Waals surface area contributed by atoms with Crippen LogP contribution in [-0.4, -0.2) is 21.1 Å². The van der Waals surface area contributed by atoms with Crippen molar-refractivity contribution in [3.05, 3.63) is 58.4 Å². The topological polar surface area (TPSA) is 93.7 Å². The van der Waals surface area contributed by atoms with Crippen molar-refractivity contribution < 1.29 is 22.7 Å². The Hall–Kier alpha value is -2.52. The lowest BCUT2D eigenvalue weighted by molar-refractivity contribution is -0.109. The van der Waals surface area contributed by atoms with Gasteiger partial charge in [-0.2, -0.15) is 0 Å². The smallest absolute Gasteiger partial charge is 0.229 e. The molecule has 0 saturated heterocycles. The number of sulfonamides is 1. The lowest BCUT2D eigenvalue weighted by Gasteiger charge is -2.22. The summed E-state index contributed by atoms with van der Waals surface area (Å²) >= 11 is 3.25. The third-order valence-electron chi connectivity index (χ3n) is 3.47. The number of carbonyl (C=O) groups is 1. The van der Waals surface area contributed by atoms with Crippen molar-refractivity contribution in [2.24, 2.45) is 0 Å². The van der Waals surface area contributed by atoms with Crippen LogP contribution in [0, 0.1) is 0 Å². The van der Waals surface area contributed by atoms with Crippen molar-refractivity contribution >= 4 is 38.1 Å². The second kappa shape index (κ2) is 7.38. The number of hydrogen-bond acceptors (Lipinski definition) is 5. The first-order valence-electron chi connectivity index (χ1n) is 7.50. The molecule has 2 aromatic carbocycles. The number of amides is 1. The highest BCUT2D eigenvalue weighted by molar-refractivity contribution is 9.11. The molecule has 1 amide bonds. The van der Waals surface area contributed by atoms with Gasteiger partial charge in [0.05, 0.1) is 17.6 Å². The Morgan fingerprint density at radius 3 is 2.62 bits per heavy atom. The molecule has 136 valence electrons. The summed E-state index contributed by atoms with van der Waals surface area (Å²) in [6, 6.07) is 12.2. The van der Waals surface area contributed by atoms with Crippen molar-refractivity contribution in [2.75, 3.05) is 11.0 Å². The molecule has 1 aliphatic rings. The van der Waals surface area contributed by atoms with Crippen molar-refractivity contribution in [3.8, 4) is 17.2 Å². The number of carbonyl (C=O) groups excluding carboxylic acids is 1. The molecule has 2 N–H and O–H groups in total. The first-order chi connectivity index (χ1) is 12.4. The zero-order valence-electron chi connectivity index (χ0n) is 13.7. The molecule has 1 heterocycles. The normalized spacial score (nSPS) is 13.5. The highest BCUT2D eigenvalue weighted by atomic mass is 79.9. The van der Waals surface area contributed by atoms with E-state index in [-0.39, 0.29) is 5.69 Å². The number of allylic oxidation sites excluding steroid dienone is 1. The lowest BCUT2D eigenvalue weighted by Crippen LogP contribution is -2.19. The maximum atomic E-state index is 11.7. The molecule has 0 spiro atoms. The Balaban J connectivity index is 2.02. The highest BCUT2D eigenvalue weighted by Gasteiger charge is 2.22. The van der Waals surface area contributed by atoms with E-state index in [1.165, 1.54) is 0 Å². The van der Waals surface area contributed by atoms with Crippen molar-refractivity contribution in [1.29, 1.82) is 0 Å². The van der Waals surface area contributed by atoms with Crippen LogP contribution in [0.4, 0.5) is 5.69 Å². The zero-order valence-corrected chi connectivity index (χ0v) is 16.1. The predicted molar refractivity (Wildman–Crippen MR) is 101 cm³/mol. The third-order valence-corrected chi connectivity index (χ3v) is 4.70. The van der Waals surface area contributed by atoms with E-state index in [0.717, 1.165) is 11.8 Å². The minimum absolute atomic E-state index is 0.252. The highest BCUT2D eigenvalue weighted by Crippen LogP contribution is 2.40. The van der Waals surface area contributed by atoms with Crippen LogP contribution in [0.2, 0.25) is 0 Å². The minimum Gasteiger partial charge on any atom is -0.455 e. The molecule has 2 aromatic rings. The quantitative estimate of drug-likeness (QED) is 0.675. The summed E-state index contributed by atoms with van der Waals surface area (Å²) in [7, 11) is -3.52. The van der Waals surface area contributed by atoms with Gasteiger partial charge in [0.2, 0.25) is 16.4 Å². The molecule has 0 bridgehead atoms. The van der Waals surface area contributed by atoms with Gasteiger partial charge >= 0.3 is 0 Å². The molecule has 0 aliphatic carbocycles. The number of ether oxygens (including phenoxy) is 2. The maximum Gasteiger partial charge on any atom is 0.229 e. The fraction of sp³-hybridized carbons (Fsp3) is 0.118.